The number of amides is 2. The van der Waals surface area contributed by atoms with Crippen molar-refractivity contribution >= 4 is 18.1 Å². The number of benzene rings is 1. The summed E-state index contributed by atoms with van der Waals surface area (Å²) < 4.78 is 42.9. The van der Waals surface area contributed by atoms with Crippen molar-refractivity contribution in [3.05, 3.63) is 41.5 Å². The maximum Gasteiger partial charge on any atom is 0.416 e. The molecule has 1 aliphatic heterocycles. The van der Waals surface area contributed by atoms with Gasteiger partial charge in [-0.2, -0.15) is 13.2 Å². The normalized spacial score (nSPS) is 15.8. The smallest absolute Gasteiger partial charge is 0.416 e. The maximum absolute atomic E-state index is 12.6. The summed E-state index contributed by atoms with van der Waals surface area (Å²) in [6.45, 7) is 6.06. The topological polar surface area (TPSA) is 49.9 Å². The van der Waals surface area contributed by atoms with Gasteiger partial charge in [0, 0.05) is 32.3 Å². The van der Waals surface area contributed by atoms with Crippen LogP contribution in [0.1, 0.15) is 31.4 Å². The van der Waals surface area contributed by atoms with Gasteiger partial charge in [0.2, 0.25) is 5.91 Å². The van der Waals surface area contributed by atoms with Gasteiger partial charge < -0.3 is 14.5 Å². The first-order valence-electron chi connectivity index (χ1n) is 9.23. The van der Waals surface area contributed by atoms with Crippen LogP contribution in [-0.2, 0) is 15.7 Å². The zero-order chi connectivity index (χ0) is 20.7. The van der Waals surface area contributed by atoms with Crippen molar-refractivity contribution in [3.63, 3.8) is 0 Å². The minimum atomic E-state index is -4.38. The third-order valence-electron chi connectivity index (χ3n) is 4.26. The third kappa shape index (κ3) is 6.58. The van der Waals surface area contributed by atoms with Crippen molar-refractivity contribution in [1.82, 2.24) is 9.80 Å². The Bertz CT molecular complexity index is 700. The zero-order valence-electron chi connectivity index (χ0n) is 16.0. The van der Waals surface area contributed by atoms with Gasteiger partial charge >= 0.3 is 12.3 Å². The van der Waals surface area contributed by atoms with E-state index in [-0.39, 0.29) is 17.9 Å². The Morgan fingerprint density at radius 1 is 1.07 bits per heavy atom. The fraction of sp³-hybridized carbons (Fsp3) is 0.500. The molecule has 1 heterocycles. The van der Waals surface area contributed by atoms with Crippen LogP contribution in [-0.4, -0.2) is 54.6 Å². The van der Waals surface area contributed by atoms with E-state index in [1.54, 1.807) is 9.80 Å². The second-order valence-corrected chi connectivity index (χ2v) is 7.09. The molecular weight excluding hydrogens is 373 g/mol. The first kappa shape index (κ1) is 21.8. The van der Waals surface area contributed by atoms with Crippen LogP contribution < -0.4 is 0 Å². The van der Waals surface area contributed by atoms with E-state index in [9.17, 15) is 22.8 Å². The number of nitrogens with zero attached hydrogens (tertiary/aromatic N) is 2. The molecule has 0 N–H and O–H groups in total. The summed E-state index contributed by atoms with van der Waals surface area (Å²) in [5.74, 6) is 0.0154. The molecule has 0 saturated carbocycles. The average molecular weight is 398 g/mol. The van der Waals surface area contributed by atoms with Gasteiger partial charge in [-0.05, 0) is 36.1 Å². The highest BCUT2D eigenvalue weighted by Crippen LogP contribution is 2.29. The van der Waals surface area contributed by atoms with Gasteiger partial charge in [0.15, 0.2) is 0 Å². The van der Waals surface area contributed by atoms with E-state index in [2.05, 4.69) is 0 Å². The van der Waals surface area contributed by atoms with E-state index in [0.29, 0.717) is 44.8 Å². The number of carbonyl (C=O) groups excluding carboxylic acids is 2. The second kappa shape index (κ2) is 9.61. The fourth-order valence-corrected chi connectivity index (χ4v) is 2.71. The van der Waals surface area contributed by atoms with Gasteiger partial charge in [0.1, 0.15) is 0 Å². The number of alkyl halides is 3. The van der Waals surface area contributed by atoms with Crippen LogP contribution in [0, 0.1) is 5.92 Å². The van der Waals surface area contributed by atoms with Crippen molar-refractivity contribution < 1.29 is 27.5 Å². The van der Waals surface area contributed by atoms with Crippen molar-refractivity contribution in [2.24, 2.45) is 5.92 Å². The Morgan fingerprint density at radius 3 is 2.29 bits per heavy atom. The minimum Gasteiger partial charge on any atom is -0.449 e. The van der Waals surface area contributed by atoms with Crippen molar-refractivity contribution in [2.75, 3.05) is 32.8 Å². The summed E-state index contributed by atoms with van der Waals surface area (Å²) in [5, 5.41) is 0. The summed E-state index contributed by atoms with van der Waals surface area (Å²) in [6.07, 6.45) is -1.29. The van der Waals surface area contributed by atoms with Crippen molar-refractivity contribution in [2.45, 2.75) is 26.4 Å². The minimum absolute atomic E-state index is 0.239. The average Bonchev–Trinajstić information content (AvgIpc) is 2.90. The Hall–Kier alpha value is -2.51. The number of halogens is 3. The molecule has 0 atom stereocenters. The van der Waals surface area contributed by atoms with Gasteiger partial charge in [0.25, 0.3) is 0 Å². The van der Waals surface area contributed by atoms with Crippen LogP contribution in [0.3, 0.4) is 0 Å². The van der Waals surface area contributed by atoms with E-state index < -0.39 is 11.7 Å². The summed E-state index contributed by atoms with van der Waals surface area (Å²) >= 11 is 0. The molecule has 0 spiro atoms. The largest absolute Gasteiger partial charge is 0.449 e. The highest BCUT2D eigenvalue weighted by molar-refractivity contribution is 5.91. The van der Waals surface area contributed by atoms with Gasteiger partial charge in [0.05, 0.1) is 12.2 Å². The predicted octanol–water partition coefficient (Wildman–Crippen LogP) is 4.05. The number of hydrogen-bond donors (Lipinski definition) is 0. The molecule has 1 aromatic carbocycles. The molecule has 0 aliphatic carbocycles. The molecule has 5 nitrogen and oxygen atoms in total. The van der Waals surface area contributed by atoms with Gasteiger partial charge in [-0.1, -0.05) is 26.0 Å². The van der Waals surface area contributed by atoms with Crippen molar-refractivity contribution in [1.29, 1.82) is 0 Å². The van der Waals surface area contributed by atoms with Crippen molar-refractivity contribution in [3.8, 4) is 0 Å². The van der Waals surface area contributed by atoms with Gasteiger partial charge in [-0.3, -0.25) is 4.79 Å². The first-order chi connectivity index (χ1) is 13.2. The highest BCUT2D eigenvalue weighted by atomic mass is 19.4. The maximum atomic E-state index is 12.6. The standard InChI is InChI=1S/C20H25F3N2O3/c1-15(2)14-28-19(27)25-11-3-10-24(12-13-25)18(26)9-6-16-4-7-17(8-5-16)20(21,22)23/h4-9,15H,3,10-14H2,1-2H3/b9-6+. The van der Waals surface area contributed by atoms with E-state index in [4.69, 9.17) is 4.74 Å². The molecule has 1 fully saturated rings. The van der Waals surface area contributed by atoms with E-state index in [1.165, 1.54) is 24.3 Å². The van der Waals surface area contributed by atoms with Crippen LogP contribution in [0.5, 0.6) is 0 Å². The Kier molecular flexibility index (Phi) is 7.48. The molecule has 0 unspecified atom stereocenters. The Morgan fingerprint density at radius 2 is 1.68 bits per heavy atom. The molecule has 0 radical (unpaired) electrons. The second-order valence-electron chi connectivity index (χ2n) is 7.09. The molecule has 2 rings (SSSR count). The quantitative estimate of drug-likeness (QED) is 0.719. The fourth-order valence-electron chi connectivity index (χ4n) is 2.71. The number of carbonyl (C=O) groups is 2. The lowest BCUT2D eigenvalue weighted by atomic mass is 10.1. The monoisotopic (exact) mass is 398 g/mol. The van der Waals surface area contributed by atoms with E-state index in [1.807, 2.05) is 13.8 Å². The van der Waals surface area contributed by atoms with E-state index in [0.717, 1.165) is 12.1 Å². The summed E-state index contributed by atoms with van der Waals surface area (Å²) in [7, 11) is 0. The highest BCUT2D eigenvalue weighted by Gasteiger charge is 2.29. The number of ether oxygens (including phenoxy) is 1. The molecular formula is C20H25F3N2O3. The molecule has 8 heteroatoms. The molecule has 0 bridgehead atoms. The lowest BCUT2D eigenvalue weighted by molar-refractivity contribution is -0.137. The van der Waals surface area contributed by atoms with Crippen LogP contribution in [0.2, 0.25) is 0 Å². The van der Waals surface area contributed by atoms with Crippen LogP contribution in [0.25, 0.3) is 6.08 Å². The molecule has 1 aromatic rings. The summed E-state index contributed by atoms with van der Waals surface area (Å²) in [4.78, 5) is 27.6. The Labute approximate surface area is 162 Å². The SMILES string of the molecule is CC(C)COC(=O)N1CCCN(C(=O)/C=C/c2ccc(C(F)(F)F)cc2)CC1. The van der Waals surface area contributed by atoms with Crippen LogP contribution >= 0.6 is 0 Å². The first-order valence-corrected chi connectivity index (χ1v) is 9.23. The number of rotatable bonds is 4. The zero-order valence-corrected chi connectivity index (χ0v) is 16.0. The van der Waals surface area contributed by atoms with Gasteiger partial charge in [-0.25, -0.2) is 4.79 Å². The van der Waals surface area contributed by atoms with E-state index >= 15 is 0 Å². The lowest BCUT2D eigenvalue weighted by Gasteiger charge is -2.21. The summed E-state index contributed by atoms with van der Waals surface area (Å²) in [5.41, 5.74) is -0.219. The van der Waals surface area contributed by atoms with Crippen LogP contribution in [0.15, 0.2) is 30.3 Å². The Balaban J connectivity index is 1.89. The predicted molar refractivity (Wildman–Crippen MR) is 99.4 cm³/mol. The molecule has 2 amide bonds. The number of hydrogen-bond acceptors (Lipinski definition) is 3. The molecule has 154 valence electrons. The third-order valence-corrected chi connectivity index (χ3v) is 4.26. The van der Waals surface area contributed by atoms with Crippen LogP contribution in [0.4, 0.5) is 18.0 Å². The molecule has 0 aromatic heterocycles. The molecule has 1 saturated heterocycles. The lowest BCUT2D eigenvalue weighted by Crippen LogP contribution is -2.37. The van der Waals surface area contributed by atoms with Gasteiger partial charge in [-0.15, -0.1) is 0 Å². The molecule has 1 aliphatic rings. The molecule has 28 heavy (non-hydrogen) atoms. The summed E-state index contributed by atoms with van der Waals surface area (Å²) in [6, 6.07) is 4.61.